The third kappa shape index (κ3) is 6.72. The molecule has 0 bridgehead atoms. The maximum Gasteiger partial charge on any atom is 0.243 e. The van der Waals surface area contributed by atoms with Gasteiger partial charge in [0.1, 0.15) is 6.04 Å². The van der Waals surface area contributed by atoms with Crippen molar-refractivity contribution in [2.75, 3.05) is 13.6 Å². The lowest BCUT2D eigenvalue weighted by molar-refractivity contribution is -0.140. The second-order valence-corrected chi connectivity index (χ2v) is 11.9. The number of rotatable bonds is 10. The summed E-state index contributed by atoms with van der Waals surface area (Å²) in [4.78, 5) is 27.9. The first-order valence-electron chi connectivity index (χ1n) is 11.8. The average molecular weight is 575 g/mol. The Morgan fingerprint density at radius 2 is 1.61 bits per heavy atom. The van der Waals surface area contributed by atoms with Gasteiger partial charge in [0.05, 0.1) is 11.4 Å². The van der Waals surface area contributed by atoms with E-state index in [1.165, 1.54) is 11.9 Å². The summed E-state index contributed by atoms with van der Waals surface area (Å²) >= 11 is 3.40. The number of nitrogens with one attached hydrogen (secondary N) is 1. The first-order valence-corrected chi connectivity index (χ1v) is 14.1. The van der Waals surface area contributed by atoms with Gasteiger partial charge >= 0.3 is 0 Å². The van der Waals surface area contributed by atoms with Gasteiger partial charge in [-0.05, 0) is 60.9 Å². The maximum atomic E-state index is 13.4. The highest BCUT2D eigenvalue weighted by Gasteiger charge is 2.30. The molecule has 36 heavy (non-hydrogen) atoms. The van der Waals surface area contributed by atoms with Crippen LogP contribution in [0.4, 0.5) is 0 Å². The van der Waals surface area contributed by atoms with Gasteiger partial charge in [-0.2, -0.15) is 4.31 Å². The van der Waals surface area contributed by atoms with Gasteiger partial charge in [0.15, 0.2) is 0 Å². The fourth-order valence-electron chi connectivity index (χ4n) is 3.71. The van der Waals surface area contributed by atoms with E-state index in [4.69, 9.17) is 0 Å². The number of hydrogen-bond donors (Lipinski definition) is 1. The molecule has 3 aromatic carbocycles. The van der Waals surface area contributed by atoms with Crippen LogP contribution in [-0.2, 0) is 26.2 Å². The van der Waals surface area contributed by atoms with Crippen LogP contribution in [0, 0.1) is 0 Å². The van der Waals surface area contributed by atoms with E-state index >= 15 is 0 Å². The van der Waals surface area contributed by atoms with E-state index in [2.05, 4.69) is 21.2 Å². The Balaban J connectivity index is 1.84. The van der Waals surface area contributed by atoms with E-state index in [1.54, 1.807) is 25.1 Å². The molecular formula is C27H32BrN3O4S. The molecular weight excluding hydrogens is 542 g/mol. The van der Waals surface area contributed by atoms with Crippen LogP contribution in [0.5, 0.6) is 0 Å². The van der Waals surface area contributed by atoms with Crippen LogP contribution < -0.4 is 5.32 Å². The fraction of sp³-hybridized carbons (Fsp3) is 0.333. The zero-order valence-corrected chi connectivity index (χ0v) is 23.3. The fourth-order valence-corrected chi connectivity index (χ4v) is 5.13. The largest absolute Gasteiger partial charge is 0.352 e. The SMILES string of the molecule is CC[C@@H](C)NC(=O)[C@@H](C)N(Cc1ccc(Br)cc1)C(=O)CN(C)S(=O)(=O)c1ccc2ccccc2c1. The summed E-state index contributed by atoms with van der Waals surface area (Å²) in [5, 5.41) is 4.64. The Bertz CT molecular complexity index is 1330. The van der Waals surface area contributed by atoms with Gasteiger partial charge in [-0.25, -0.2) is 8.42 Å². The number of benzene rings is 3. The Hall–Kier alpha value is -2.75. The molecule has 0 heterocycles. The molecule has 0 aliphatic carbocycles. The van der Waals surface area contributed by atoms with Crippen LogP contribution >= 0.6 is 15.9 Å². The Morgan fingerprint density at radius 3 is 2.25 bits per heavy atom. The Kier molecular flexibility index (Phi) is 9.27. The zero-order valence-electron chi connectivity index (χ0n) is 20.9. The topological polar surface area (TPSA) is 86.8 Å². The number of amides is 2. The highest BCUT2D eigenvalue weighted by atomic mass is 79.9. The molecule has 3 aromatic rings. The average Bonchev–Trinajstić information content (AvgIpc) is 2.87. The van der Waals surface area contributed by atoms with E-state index in [-0.39, 0.29) is 23.4 Å². The standard InChI is InChI=1S/C27H32BrN3O4S/c1-5-19(2)29-27(33)20(3)31(17-21-10-13-24(28)14-11-21)26(32)18-30(4)36(34,35)25-15-12-22-8-6-7-9-23(22)16-25/h6-16,19-20H,5,17-18H2,1-4H3,(H,29,33)/t19-,20-/m1/s1. The van der Waals surface area contributed by atoms with Crippen molar-refractivity contribution in [3.05, 3.63) is 76.8 Å². The number of carbonyl (C=O) groups is 2. The monoisotopic (exact) mass is 573 g/mol. The van der Waals surface area contributed by atoms with E-state index < -0.39 is 28.5 Å². The van der Waals surface area contributed by atoms with Crippen molar-refractivity contribution >= 4 is 48.5 Å². The number of hydrogen-bond acceptors (Lipinski definition) is 4. The second-order valence-electron chi connectivity index (χ2n) is 8.91. The number of likely N-dealkylation sites (N-methyl/N-ethyl adjacent to an activating group) is 1. The quantitative estimate of drug-likeness (QED) is 0.385. The van der Waals surface area contributed by atoms with Crippen molar-refractivity contribution in [2.24, 2.45) is 0 Å². The summed E-state index contributed by atoms with van der Waals surface area (Å²) < 4.78 is 28.5. The summed E-state index contributed by atoms with van der Waals surface area (Å²) in [7, 11) is -2.55. The molecule has 9 heteroatoms. The minimum absolute atomic E-state index is 0.0412. The van der Waals surface area contributed by atoms with Crippen LogP contribution in [0.3, 0.4) is 0 Å². The van der Waals surface area contributed by atoms with Crippen molar-refractivity contribution < 1.29 is 18.0 Å². The van der Waals surface area contributed by atoms with Crippen LogP contribution in [0.25, 0.3) is 10.8 Å². The molecule has 0 saturated carbocycles. The van der Waals surface area contributed by atoms with Gasteiger partial charge in [0.2, 0.25) is 21.8 Å². The van der Waals surface area contributed by atoms with Crippen molar-refractivity contribution in [1.82, 2.24) is 14.5 Å². The number of nitrogens with zero attached hydrogens (tertiary/aromatic N) is 2. The van der Waals surface area contributed by atoms with Gasteiger partial charge < -0.3 is 10.2 Å². The van der Waals surface area contributed by atoms with Crippen molar-refractivity contribution in [3.8, 4) is 0 Å². The lowest BCUT2D eigenvalue weighted by Gasteiger charge is -2.31. The van der Waals surface area contributed by atoms with Crippen LogP contribution in [0.15, 0.2) is 76.1 Å². The molecule has 2 amide bonds. The predicted molar refractivity (Wildman–Crippen MR) is 146 cm³/mol. The number of halogens is 1. The normalized spacial score (nSPS) is 13.4. The lowest BCUT2D eigenvalue weighted by atomic mass is 10.1. The first kappa shape index (κ1) is 27.8. The molecule has 0 unspecified atom stereocenters. The molecule has 0 fully saturated rings. The summed E-state index contributed by atoms with van der Waals surface area (Å²) in [5.41, 5.74) is 0.828. The number of sulfonamides is 1. The number of carbonyl (C=O) groups excluding carboxylic acids is 2. The smallest absolute Gasteiger partial charge is 0.243 e. The maximum absolute atomic E-state index is 13.4. The molecule has 7 nitrogen and oxygen atoms in total. The second kappa shape index (κ2) is 12.0. The van der Waals surface area contributed by atoms with Crippen molar-refractivity contribution in [2.45, 2.75) is 50.7 Å². The summed E-state index contributed by atoms with van der Waals surface area (Å²) in [5.74, 6) is -0.744. The third-order valence-electron chi connectivity index (χ3n) is 6.22. The van der Waals surface area contributed by atoms with Crippen LogP contribution in [0.2, 0.25) is 0 Å². The van der Waals surface area contributed by atoms with E-state index in [0.29, 0.717) is 0 Å². The predicted octanol–water partition coefficient (Wildman–Crippen LogP) is 4.55. The molecule has 192 valence electrons. The molecule has 0 aliphatic heterocycles. The first-order chi connectivity index (χ1) is 17.0. The molecule has 1 N–H and O–H groups in total. The molecule has 2 atom stereocenters. The van der Waals surface area contributed by atoms with E-state index in [0.717, 1.165) is 31.5 Å². The molecule has 0 radical (unpaired) electrons. The minimum atomic E-state index is -3.93. The van der Waals surface area contributed by atoms with E-state index in [9.17, 15) is 18.0 Å². The van der Waals surface area contributed by atoms with Crippen LogP contribution in [0.1, 0.15) is 32.8 Å². The lowest BCUT2D eigenvalue weighted by Crippen LogP contribution is -2.51. The highest BCUT2D eigenvalue weighted by molar-refractivity contribution is 9.10. The number of fused-ring (bicyclic) bond motifs is 1. The summed E-state index contributed by atoms with van der Waals surface area (Å²) in [6.45, 7) is 5.30. The molecule has 0 aromatic heterocycles. The molecule has 0 spiro atoms. The van der Waals surface area contributed by atoms with Gasteiger partial charge in [-0.3, -0.25) is 9.59 Å². The molecule has 0 aliphatic rings. The van der Waals surface area contributed by atoms with Gasteiger partial charge in [-0.1, -0.05) is 65.3 Å². The van der Waals surface area contributed by atoms with Gasteiger partial charge in [0.25, 0.3) is 0 Å². The van der Waals surface area contributed by atoms with E-state index in [1.807, 2.05) is 62.4 Å². The van der Waals surface area contributed by atoms with Gasteiger partial charge in [-0.15, -0.1) is 0 Å². The Labute approximate surface area is 221 Å². The van der Waals surface area contributed by atoms with Gasteiger partial charge in [0, 0.05) is 24.1 Å². The van der Waals surface area contributed by atoms with Crippen molar-refractivity contribution in [3.63, 3.8) is 0 Å². The van der Waals surface area contributed by atoms with Crippen LogP contribution in [-0.4, -0.2) is 55.1 Å². The summed E-state index contributed by atoms with van der Waals surface area (Å²) in [6, 6.07) is 19.0. The zero-order chi connectivity index (χ0) is 26.5. The molecule has 3 rings (SSSR count). The minimum Gasteiger partial charge on any atom is -0.352 e. The highest BCUT2D eigenvalue weighted by Crippen LogP contribution is 2.22. The Morgan fingerprint density at radius 1 is 0.972 bits per heavy atom. The summed E-state index contributed by atoms with van der Waals surface area (Å²) in [6.07, 6.45) is 0.756. The van der Waals surface area contributed by atoms with Crippen molar-refractivity contribution in [1.29, 1.82) is 0 Å². The molecule has 0 saturated heterocycles. The third-order valence-corrected chi connectivity index (χ3v) is 8.55.